The van der Waals surface area contributed by atoms with Gasteiger partial charge in [-0.15, -0.1) is 0 Å². The van der Waals surface area contributed by atoms with E-state index < -0.39 is 0 Å². The Morgan fingerprint density at radius 1 is 1.00 bits per heavy atom. The van der Waals surface area contributed by atoms with Crippen LogP contribution in [0.2, 0.25) is 0 Å². The van der Waals surface area contributed by atoms with Crippen LogP contribution in [0.25, 0.3) is 0 Å². The maximum absolute atomic E-state index is 11.9. The van der Waals surface area contributed by atoms with E-state index in [4.69, 9.17) is 5.73 Å². The Morgan fingerprint density at radius 3 is 2.27 bits per heavy atom. The lowest BCUT2D eigenvalue weighted by molar-refractivity contribution is -0.125. The van der Waals surface area contributed by atoms with Gasteiger partial charge in [0, 0.05) is 18.0 Å². The second-order valence-electron chi connectivity index (χ2n) is 5.04. The first-order chi connectivity index (χ1) is 7.27. The summed E-state index contributed by atoms with van der Waals surface area (Å²) >= 11 is 0. The van der Waals surface area contributed by atoms with E-state index in [1.54, 1.807) is 0 Å². The Morgan fingerprint density at radius 2 is 1.60 bits per heavy atom. The van der Waals surface area contributed by atoms with Gasteiger partial charge in [-0.05, 0) is 25.7 Å². The van der Waals surface area contributed by atoms with E-state index in [2.05, 4.69) is 5.32 Å². The summed E-state index contributed by atoms with van der Waals surface area (Å²) in [5.41, 5.74) is 6.01. The molecule has 3 heteroatoms. The molecule has 0 aliphatic heterocycles. The quantitative estimate of drug-likeness (QED) is 0.726. The van der Waals surface area contributed by atoms with Gasteiger partial charge in [0.1, 0.15) is 0 Å². The fourth-order valence-corrected chi connectivity index (χ4v) is 2.83. The summed E-state index contributed by atoms with van der Waals surface area (Å²) in [6.45, 7) is 0. The van der Waals surface area contributed by atoms with Gasteiger partial charge < -0.3 is 11.1 Å². The first kappa shape index (κ1) is 10.9. The molecule has 2 fully saturated rings. The van der Waals surface area contributed by atoms with E-state index in [1.807, 2.05) is 0 Å². The lowest BCUT2D eigenvalue weighted by Crippen LogP contribution is -2.50. The number of rotatable bonds is 2. The molecule has 0 aromatic heterocycles. The maximum Gasteiger partial charge on any atom is 0.223 e. The average Bonchev–Trinajstić information content (AvgIpc) is 2.74. The third kappa shape index (κ3) is 2.71. The first-order valence-corrected chi connectivity index (χ1v) is 6.33. The molecule has 2 atom stereocenters. The normalized spacial score (nSPS) is 32.9. The lowest BCUT2D eigenvalue weighted by Gasteiger charge is -2.30. The number of carbonyl (C=O) groups excluding carboxylic acids is 1. The van der Waals surface area contributed by atoms with Gasteiger partial charge in [-0.25, -0.2) is 0 Å². The summed E-state index contributed by atoms with van der Waals surface area (Å²) in [6, 6.07) is 0.427. The molecule has 0 heterocycles. The summed E-state index contributed by atoms with van der Waals surface area (Å²) in [5.74, 6) is 0.536. The Bertz CT molecular complexity index is 224. The number of carbonyl (C=O) groups is 1. The summed E-state index contributed by atoms with van der Waals surface area (Å²) in [4.78, 5) is 11.9. The van der Waals surface area contributed by atoms with E-state index in [-0.39, 0.29) is 23.9 Å². The highest BCUT2D eigenvalue weighted by molar-refractivity contribution is 5.79. The van der Waals surface area contributed by atoms with Crippen molar-refractivity contribution in [3.05, 3.63) is 0 Å². The highest BCUT2D eigenvalue weighted by Crippen LogP contribution is 2.25. The smallest absolute Gasteiger partial charge is 0.223 e. The number of nitrogens with one attached hydrogen (secondary N) is 1. The van der Waals surface area contributed by atoms with Crippen molar-refractivity contribution in [2.45, 2.75) is 63.5 Å². The molecule has 0 radical (unpaired) electrons. The van der Waals surface area contributed by atoms with Crippen molar-refractivity contribution in [2.75, 3.05) is 0 Å². The molecule has 2 rings (SSSR count). The van der Waals surface area contributed by atoms with Gasteiger partial charge in [0.2, 0.25) is 5.91 Å². The zero-order valence-electron chi connectivity index (χ0n) is 9.37. The highest BCUT2D eigenvalue weighted by Gasteiger charge is 2.28. The number of hydrogen-bond donors (Lipinski definition) is 2. The number of nitrogens with two attached hydrogens (primary N) is 1. The van der Waals surface area contributed by atoms with Crippen LogP contribution in [0, 0.1) is 5.92 Å². The molecule has 2 aliphatic carbocycles. The molecule has 0 spiro atoms. The maximum atomic E-state index is 11.9. The highest BCUT2D eigenvalue weighted by atomic mass is 16.1. The van der Waals surface area contributed by atoms with Crippen molar-refractivity contribution in [2.24, 2.45) is 11.7 Å². The monoisotopic (exact) mass is 210 g/mol. The molecule has 2 unspecified atom stereocenters. The minimum atomic E-state index is 0.184. The van der Waals surface area contributed by atoms with E-state index in [0.717, 1.165) is 25.7 Å². The van der Waals surface area contributed by atoms with E-state index in [1.165, 1.54) is 25.7 Å². The molecular formula is C12H22N2O. The van der Waals surface area contributed by atoms with Gasteiger partial charge in [0.15, 0.2) is 0 Å². The minimum absolute atomic E-state index is 0.184. The second-order valence-corrected chi connectivity index (χ2v) is 5.04. The molecule has 86 valence electrons. The Balaban J connectivity index is 1.81. The molecule has 15 heavy (non-hydrogen) atoms. The van der Waals surface area contributed by atoms with Crippen LogP contribution >= 0.6 is 0 Å². The molecule has 2 saturated carbocycles. The van der Waals surface area contributed by atoms with Crippen LogP contribution in [-0.2, 0) is 4.79 Å². The standard InChI is InChI=1S/C12H22N2O/c13-10-7-3-4-8-11(10)14-12(15)9-5-1-2-6-9/h9-11H,1-8,13H2,(H,14,15). The van der Waals surface area contributed by atoms with Crippen LogP contribution in [0.3, 0.4) is 0 Å². The minimum Gasteiger partial charge on any atom is -0.352 e. The van der Waals surface area contributed by atoms with E-state index >= 15 is 0 Å². The van der Waals surface area contributed by atoms with Crippen LogP contribution in [0.1, 0.15) is 51.4 Å². The van der Waals surface area contributed by atoms with Crippen LogP contribution in [0.15, 0.2) is 0 Å². The van der Waals surface area contributed by atoms with Crippen molar-refractivity contribution in [3.8, 4) is 0 Å². The van der Waals surface area contributed by atoms with Crippen LogP contribution in [0.5, 0.6) is 0 Å². The van der Waals surface area contributed by atoms with Gasteiger partial charge in [-0.1, -0.05) is 25.7 Å². The summed E-state index contributed by atoms with van der Waals surface area (Å²) < 4.78 is 0. The fraction of sp³-hybridized carbons (Fsp3) is 0.917. The van der Waals surface area contributed by atoms with Crippen LogP contribution in [0.4, 0.5) is 0 Å². The Kier molecular flexibility index (Phi) is 3.62. The zero-order chi connectivity index (χ0) is 10.7. The predicted octanol–water partition coefficient (Wildman–Crippen LogP) is 1.56. The van der Waals surface area contributed by atoms with Gasteiger partial charge in [-0.2, -0.15) is 0 Å². The van der Waals surface area contributed by atoms with Gasteiger partial charge in [-0.3, -0.25) is 4.79 Å². The van der Waals surface area contributed by atoms with Crippen molar-refractivity contribution in [1.82, 2.24) is 5.32 Å². The largest absolute Gasteiger partial charge is 0.352 e. The van der Waals surface area contributed by atoms with Crippen LogP contribution in [-0.4, -0.2) is 18.0 Å². The van der Waals surface area contributed by atoms with Crippen molar-refractivity contribution >= 4 is 5.91 Å². The Labute approximate surface area is 91.8 Å². The van der Waals surface area contributed by atoms with Gasteiger partial charge in [0.25, 0.3) is 0 Å². The molecular weight excluding hydrogens is 188 g/mol. The molecule has 1 amide bonds. The molecule has 2 aliphatic rings. The van der Waals surface area contributed by atoms with Gasteiger partial charge >= 0.3 is 0 Å². The summed E-state index contributed by atoms with van der Waals surface area (Å²) in [5, 5.41) is 3.15. The third-order valence-electron chi connectivity index (χ3n) is 3.87. The molecule has 0 saturated heterocycles. The van der Waals surface area contributed by atoms with Crippen molar-refractivity contribution in [1.29, 1.82) is 0 Å². The molecule has 0 bridgehead atoms. The molecule has 0 aromatic carbocycles. The molecule has 3 N–H and O–H groups in total. The average molecular weight is 210 g/mol. The molecule has 0 aromatic rings. The number of hydrogen-bond acceptors (Lipinski definition) is 2. The summed E-state index contributed by atoms with van der Waals surface area (Å²) in [7, 11) is 0. The molecule has 3 nitrogen and oxygen atoms in total. The third-order valence-corrected chi connectivity index (χ3v) is 3.87. The number of amides is 1. The SMILES string of the molecule is NC1CCCCC1NC(=O)C1CCCC1. The fourth-order valence-electron chi connectivity index (χ4n) is 2.83. The van der Waals surface area contributed by atoms with Crippen LogP contribution < -0.4 is 11.1 Å². The zero-order valence-corrected chi connectivity index (χ0v) is 9.37. The van der Waals surface area contributed by atoms with Crippen molar-refractivity contribution in [3.63, 3.8) is 0 Å². The van der Waals surface area contributed by atoms with E-state index in [0.29, 0.717) is 0 Å². The first-order valence-electron chi connectivity index (χ1n) is 6.33. The topological polar surface area (TPSA) is 55.1 Å². The van der Waals surface area contributed by atoms with Gasteiger partial charge in [0.05, 0.1) is 0 Å². The lowest BCUT2D eigenvalue weighted by atomic mass is 9.90. The van der Waals surface area contributed by atoms with Crippen molar-refractivity contribution < 1.29 is 4.79 Å². The van der Waals surface area contributed by atoms with E-state index in [9.17, 15) is 4.79 Å². The Hall–Kier alpha value is -0.570. The second kappa shape index (κ2) is 4.97. The predicted molar refractivity (Wildman–Crippen MR) is 60.3 cm³/mol. The summed E-state index contributed by atoms with van der Waals surface area (Å²) in [6.07, 6.45) is 9.15.